The molecule has 2 amide bonds. The molecule has 0 heterocycles. The van der Waals surface area contributed by atoms with Gasteiger partial charge in [0.05, 0.1) is 14.2 Å². The van der Waals surface area contributed by atoms with Crippen molar-refractivity contribution in [1.29, 1.82) is 0 Å². The van der Waals surface area contributed by atoms with E-state index >= 15 is 0 Å². The Bertz CT molecular complexity index is 1080. The molecular weight excluding hydrogens is 424 g/mol. The van der Waals surface area contributed by atoms with Gasteiger partial charge in [-0.05, 0) is 50.2 Å². The highest BCUT2D eigenvalue weighted by molar-refractivity contribution is 7.93. The minimum absolute atomic E-state index is 0.130. The van der Waals surface area contributed by atoms with Gasteiger partial charge in [-0.2, -0.15) is 0 Å². The number of ether oxygens (including phenoxy) is 2. The maximum Gasteiger partial charge on any atom is 0.242 e. The van der Waals surface area contributed by atoms with Crippen LogP contribution in [0, 0.1) is 0 Å². The van der Waals surface area contributed by atoms with Gasteiger partial charge in [-0.3, -0.25) is 14.4 Å². The van der Waals surface area contributed by atoms with Crippen LogP contribution in [0.3, 0.4) is 0 Å². The lowest BCUT2D eigenvalue weighted by molar-refractivity contribution is -0.115. The maximum atomic E-state index is 12.5. The third-order valence-corrected chi connectivity index (χ3v) is 6.42. The van der Waals surface area contributed by atoms with E-state index in [2.05, 4.69) is 10.6 Å². The standard InChI is InChI=1S/C21H24N2O7S/c1-13(24)15-5-7-16(8-6-15)23-21(26)14(2)31(27,28)12-20(25)22-17-9-10-18(29-3)19(11-17)30-4/h5-11,14H,12H2,1-4H3,(H,22,25)(H,23,26). The van der Waals surface area contributed by atoms with Crippen LogP contribution in [-0.4, -0.2) is 51.2 Å². The van der Waals surface area contributed by atoms with Gasteiger partial charge in [0.2, 0.25) is 11.8 Å². The molecule has 9 nitrogen and oxygen atoms in total. The van der Waals surface area contributed by atoms with Crippen molar-refractivity contribution in [3.63, 3.8) is 0 Å². The first-order chi connectivity index (χ1) is 14.6. The number of hydrogen-bond donors (Lipinski definition) is 2. The lowest BCUT2D eigenvalue weighted by Gasteiger charge is -2.14. The van der Waals surface area contributed by atoms with Crippen molar-refractivity contribution >= 4 is 38.8 Å². The Morgan fingerprint density at radius 1 is 0.903 bits per heavy atom. The van der Waals surface area contributed by atoms with Crippen molar-refractivity contribution in [1.82, 2.24) is 0 Å². The van der Waals surface area contributed by atoms with E-state index in [1.807, 2.05) is 0 Å². The lowest BCUT2D eigenvalue weighted by Crippen LogP contribution is -2.37. The van der Waals surface area contributed by atoms with Crippen LogP contribution in [0.25, 0.3) is 0 Å². The van der Waals surface area contributed by atoms with Gasteiger partial charge < -0.3 is 20.1 Å². The van der Waals surface area contributed by atoms with Crippen LogP contribution in [-0.2, 0) is 19.4 Å². The number of carbonyl (C=O) groups is 3. The van der Waals surface area contributed by atoms with Crippen LogP contribution in [0.2, 0.25) is 0 Å². The highest BCUT2D eigenvalue weighted by atomic mass is 32.2. The largest absolute Gasteiger partial charge is 0.493 e. The molecule has 1 atom stereocenters. The molecule has 10 heteroatoms. The number of rotatable bonds is 9. The van der Waals surface area contributed by atoms with Crippen molar-refractivity contribution in [2.75, 3.05) is 30.6 Å². The number of anilines is 2. The molecule has 0 aliphatic heterocycles. The molecule has 0 aliphatic carbocycles. The van der Waals surface area contributed by atoms with Gasteiger partial charge in [0.1, 0.15) is 11.0 Å². The van der Waals surface area contributed by atoms with E-state index in [-0.39, 0.29) is 5.78 Å². The van der Waals surface area contributed by atoms with E-state index in [0.717, 1.165) is 0 Å². The molecule has 0 bridgehead atoms. The Kier molecular flexibility index (Phi) is 7.76. The number of hydrogen-bond acceptors (Lipinski definition) is 7. The van der Waals surface area contributed by atoms with E-state index in [1.54, 1.807) is 6.07 Å². The van der Waals surface area contributed by atoms with Crippen LogP contribution >= 0.6 is 0 Å². The molecule has 2 rings (SSSR count). The summed E-state index contributed by atoms with van der Waals surface area (Å²) in [4.78, 5) is 35.9. The number of ketones is 1. The highest BCUT2D eigenvalue weighted by Crippen LogP contribution is 2.29. The first kappa shape index (κ1) is 23.9. The van der Waals surface area contributed by atoms with Gasteiger partial charge in [0.15, 0.2) is 27.1 Å². The predicted molar refractivity (Wildman–Crippen MR) is 117 cm³/mol. The number of sulfone groups is 1. The highest BCUT2D eigenvalue weighted by Gasteiger charge is 2.30. The summed E-state index contributed by atoms with van der Waals surface area (Å²) >= 11 is 0. The molecule has 2 aromatic rings. The molecular formula is C21H24N2O7S. The number of carbonyl (C=O) groups excluding carboxylic acids is 3. The monoisotopic (exact) mass is 448 g/mol. The molecule has 0 fully saturated rings. The molecule has 0 saturated carbocycles. The number of benzene rings is 2. The van der Waals surface area contributed by atoms with Crippen molar-refractivity contribution in [3.8, 4) is 11.5 Å². The third kappa shape index (κ3) is 6.29. The Morgan fingerprint density at radius 2 is 1.48 bits per heavy atom. The van der Waals surface area contributed by atoms with Crippen LogP contribution in [0.4, 0.5) is 11.4 Å². The molecule has 31 heavy (non-hydrogen) atoms. The molecule has 166 valence electrons. The Morgan fingerprint density at radius 3 is 2.03 bits per heavy atom. The molecule has 0 radical (unpaired) electrons. The summed E-state index contributed by atoms with van der Waals surface area (Å²) in [6.07, 6.45) is 0. The predicted octanol–water partition coefficient (Wildman–Crippen LogP) is 2.29. The van der Waals surface area contributed by atoms with E-state index in [0.29, 0.717) is 28.4 Å². The second kappa shape index (κ2) is 10.1. The fourth-order valence-electron chi connectivity index (χ4n) is 2.61. The average Bonchev–Trinajstić information content (AvgIpc) is 2.72. The average molecular weight is 448 g/mol. The lowest BCUT2D eigenvalue weighted by atomic mass is 10.1. The molecule has 1 unspecified atom stereocenters. The van der Waals surface area contributed by atoms with Gasteiger partial charge in [-0.1, -0.05) is 0 Å². The summed E-state index contributed by atoms with van der Waals surface area (Å²) < 4.78 is 35.3. The van der Waals surface area contributed by atoms with Crippen LogP contribution < -0.4 is 20.1 Å². The van der Waals surface area contributed by atoms with Gasteiger partial charge >= 0.3 is 0 Å². The number of nitrogens with one attached hydrogen (secondary N) is 2. The quantitative estimate of drug-likeness (QED) is 0.563. The maximum absolute atomic E-state index is 12.5. The van der Waals surface area contributed by atoms with Gasteiger partial charge in [-0.15, -0.1) is 0 Å². The Hall–Kier alpha value is -3.40. The van der Waals surface area contributed by atoms with Crippen LogP contribution in [0.1, 0.15) is 24.2 Å². The smallest absolute Gasteiger partial charge is 0.242 e. The minimum atomic E-state index is -4.08. The topological polar surface area (TPSA) is 128 Å². The minimum Gasteiger partial charge on any atom is -0.493 e. The summed E-state index contributed by atoms with van der Waals surface area (Å²) in [6.45, 7) is 2.62. The summed E-state index contributed by atoms with van der Waals surface area (Å²) in [5, 5.41) is 3.48. The number of methoxy groups -OCH3 is 2. The summed E-state index contributed by atoms with van der Waals surface area (Å²) in [6, 6.07) is 10.6. The van der Waals surface area contributed by atoms with E-state index < -0.39 is 32.7 Å². The zero-order valence-electron chi connectivity index (χ0n) is 17.6. The molecule has 0 saturated heterocycles. The molecule has 0 aliphatic rings. The second-order valence-corrected chi connectivity index (χ2v) is 9.01. The van der Waals surface area contributed by atoms with Gasteiger partial charge in [0.25, 0.3) is 0 Å². The van der Waals surface area contributed by atoms with Crippen molar-refractivity contribution in [3.05, 3.63) is 48.0 Å². The molecule has 2 aromatic carbocycles. The van der Waals surface area contributed by atoms with Crippen molar-refractivity contribution < 1.29 is 32.3 Å². The van der Waals surface area contributed by atoms with Crippen molar-refractivity contribution in [2.24, 2.45) is 0 Å². The summed E-state index contributed by atoms with van der Waals surface area (Å²) in [5.41, 5.74) is 1.12. The molecule has 0 aromatic heterocycles. The Labute approximate surface area is 180 Å². The van der Waals surface area contributed by atoms with E-state index in [1.165, 1.54) is 64.5 Å². The second-order valence-electron chi connectivity index (χ2n) is 6.69. The van der Waals surface area contributed by atoms with Gasteiger partial charge in [0, 0.05) is 23.0 Å². The number of amides is 2. The molecule has 2 N–H and O–H groups in total. The summed E-state index contributed by atoms with van der Waals surface area (Å²) in [5.74, 6) is -1.76. The third-order valence-electron chi connectivity index (χ3n) is 4.47. The first-order valence-electron chi connectivity index (χ1n) is 9.22. The summed E-state index contributed by atoms with van der Waals surface area (Å²) in [7, 11) is -1.19. The normalized spacial score (nSPS) is 11.9. The fraction of sp³-hybridized carbons (Fsp3) is 0.286. The van der Waals surface area contributed by atoms with E-state index in [9.17, 15) is 22.8 Å². The SMILES string of the molecule is COc1ccc(NC(=O)CS(=O)(=O)C(C)C(=O)Nc2ccc(C(C)=O)cc2)cc1OC. The Balaban J connectivity index is 2.02. The van der Waals surface area contributed by atoms with E-state index in [4.69, 9.17) is 9.47 Å². The molecule has 0 spiro atoms. The van der Waals surface area contributed by atoms with Gasteiger partial charge in [-0.25, -0.2) is 8.42 Å². The zero-order valence-corrected chi connectivity index (χ0v) is 18.4. The fourth-order valence-corrected chi connectivity index (χ4v) is 3.69. The van der Waals surface area contributed by atoms with Crippen LogP contribution in [0.15, 0.2) is 42.5 Å². The van der Waals surface area contributed by atoms with Crippen molar-refractivity contribution in [2.45, 2.75) is 19.1 Å². The number of Topliss-reactive ketones (excluding diaryl/α,β-unsaturated/α-hetero) is 1. The van der Waals surface area contributed by atoms with Crippen LogP contribution in [0.5, 0.6) is 11.5 Å². The first-order valence-corrected chi connectivity index (χ1v) is 10.9. The zero-order chi connectivity index (χ0) is 23.2.